The Morgan fingerprint density at radius 3 is 2.35 bits per heavy atom. The highest BCUT2D eigenvalue weighted by molar-refractivity contribution is 5.97. The molecule has 1 aliphatic carbocycles. The molecule has 0 radical (unpaired) electrons. The van der Waals surface area contributed by atoms with E-state index in [0.717, 1.165) is 31.5 Å². The van der Waals surface area contributed by atoms with Crippen LogP contribution in [0, 0.1) is 0 Å². The van der Waals surface area contributed by atoms with Crippen molar-refractivity contribution in [2.75, 3.05) is 13.1 Å². The first kappa shape index (κ1) is 19.6. The Kier molecular flexibility index (Phi) is 5.10. The molecule has 0 spiro atoms. The summed E-state index contributed by atoms with van der Waals surface area (Å²) < 4.78 is 9.31. The van der Waals surface area contributed by atoms with Crippen LogP contribution >= 0.6 is 0 Å². The fourth-order valence-corrected chi connectivity index (χ4v) is 4.31. The number of hydrogen-bond donors (Lipinski definition) is 0. The van der Waals surface area contributed by atoms with Crippen LogP contribution in [0.25, 0.3) is 0 Å². The minimum absolute atomic E-state index is 0.0226. The van der Waals surface area contributed by atoms with Crippen LogP contribution in [0.2, 0.25) is 0 Å². The number of hydrogen-bond acceptors (Lipinski definition) is 4. The van der Waals surface area contributed by atoms with Crippen LogP contribution in [0.15, 0.2) is 59.4 Å². The van der Waals surface area contributed by atoms with Gasteiger partial charge in [0, 0.05) is 32.1 Å². The molecule has 31 heavy (non-hydrogen) atoms. The molecule has 1 aliphatic heterocycles. The first-order chi connectivity index (χ1) is 15.1. The molecule has 7 nitrogen and oxygen atoms in total. The van der Waals surface area contributed by atoms with E-state index in [-0.39, 0.29) is 17.5 Å². The Morgan fingerprint density at radius 2 is 1.65 bits per heavy atom. The highest BCUT2D eigenvalue weighted by Crippen LogP contribution is 2.37. The standard InChI is InChI=1S/C24H26N4O3/c1-26-24(30)28(18-11-12-18)22(25-26)17-13-15-27(16-14-17)23(29)20-9-5-6-10-21(20)31-19-7-3-2-4-8-19/h2-10,17-18H,11-16H2,1H3. The number of likely N-dealkylation sites (tertiary alicyclic amines) is 1. The third kappa shape index (κ3) is 3.87. The van der Waals surface area contributed by atoms with Crippen LogP contribution in [0.4, 0.5) is 0 Å². The smallest absolute Gasteiger partial charge is 0.345 e. The lowest BCUT2D eigenvalue weighted by Gasteiger charge is -2.32. The summed E-state index contributed by atoms with van der Waals surface area (Å²) in [5, 5.41) is 4.53. The average molecular weight is 418 g/mol. The van der Waals surface area contributed by atoms with Crippen molar-refractivity contribution >= 4 is 5.91 Å². The molecule has 2 heterocycles. The summed E-state index contributed by atoms with van der Waals surface area (Å²) in [5.41, 5.74) is 0.542. The molecule has 5 rings (SSSR count). The van der Waals surface area contributed by atoms with Gasteiger partial charge in [0.1, 0.15) is 17.3 Å². The fourth-order valence-electron chi connectivity index (χ4n) is 4.31. The average Bonchev–Trinajstić information content (AvgIpc) is 3.60. The van der Waals surface area contributed by atoms with Gasteiger partial charge in [0.15, 0.2) is 0 Å². The van der Waals surface area contributed by atoms with E-state index in [1.54, 1.807) is 7.05 Å². The third-order valence-corrected chi connectivity index (χ3v) is 6.13. The summed E-state index contributed by atoms with van der Waals surface area (Å²) in [4.78, 5) is 27.6. The Balaban J connectivity index is 1.30. The normalized spacial score (nSPS) is 17.0. The zero-order valence-electron chi connectivity index (χ0n) is 17.6. The minimum Gasteiger partial charge on any atom is -0.457 e. The molecule has 1 saturated heterocycles. The second-order valence-corrected chi connectivity index (χ2v) is 8.34. The highest BCUT2D eigenvalue weighted by Gasteiger charge is 2.34. The molecule has 160 valence electrons. The zero-order chi connectivity index (χ0) is 21.4. The van der Waals surface area contributed by atoms with Gasteiger partial charge in [0.25, 0.3) is 5.91 Å². The van der Waals surface area contributed by atoms with E-state index in [2.05, 4.69) is 5.10 Å². The summed E-state index contributed by atoms with van der Waals surface area (Å²) in [5.74, 6) is 2.33. The number of carbonyl (C=O) groups excluding carboxylic acids is 1. The number of aromatic nitrogens is 3. The number of piperidine rings is 1. The van der Waals surface area contributed by atoms with Crippen molar-refractivity contribution in [3.8, 4) is 11.5 Å². The lowest BCUT2D eigenvalue weighted by molar-refractivity contribution is 0.0707. The summed E-state index contributed by atoms with van der Waals surface area (Å²) in [6.07, 6.45) is 3.70. The van der Waals surface area contributed by atoms with Gasteiger partial charge in [0.05, 0.1) is 5.56 Å². The second-order valence-electron chi connectivity index (χ2n) is 8.34. The molecule has 0 N–H and O–H groups in total. The summed E-state index contributed by atoms with van der Waals surface area (Å²) in [6.45, 7) is 1.28. The largest absolute Gasteiger partial charge is 0.457 e. The van der Waals surface area contributed by atoms with Gasteiger partial charge < -0.3 is 9.64 Å². The Morgan fingerprint density at radius 1 is 0.968 bits per heavy atom. The number of amides is 1. The molecule has 2 fully saturated rings. The van der Waals surface area contributed by atoms with Crippen LogP contribution in [-0.2, 0) is 7.05 Å². The Bertz CT molecular complexity index is 1140. The van der Waals surface area contributed by atoms with Gasteiger partial charge in [-0.15, -0.1) is 0 Å². The van der Waals surface area contributed by atoms with E-state index in [1.165, 1.54) is 4.68 Å². The second kappa shape index (κ2) is 8.06. The van der Waals surface area contributed by atoms with Crippen molar-refractivity contribution < 1.29 is 9.53 Å². The predicted molar refractivity (Wildman–Crippen MR) is 117 cm³/mol. The van der Waals surface area contributed by atoms with Crippen molar-refractivity contribution in [2.45, 2.75) is 37.6 Å². The van der Waals surface area contributed by atoms with Crippen molar-refractivity contribution in [1.82, 2.24) is 19.2 Å². The van der Waals surface area contributed by atoms with Gasteiger partial charge in [0.2, 0.25) is 0 Å². The number of para-hydroxylation sites is 2. The molecule has 3 aromatic rings. The van der Waals surface area contributed by atoms with Crippen molar-refractivity contribution in [1.29, 1.82) is 0 Å². The van der Waals surface area contributed by atoms with E-state index < -0.39 is 0 Å². The van der Waals surface area contributed by atoms with Gasteiger partial charge in [-0.25, -0.2) is 9.48 Å². The molecule has 1 amide bonds. The number of carbonyl (C=O) groups is 1. The predicted octanol–water partition coefficient (Wildman–Crippen LogP) is 3.73. The molecular formula is C24H26N4O3. The zero-order valence-corrected chi connectivity index (χ0v) is 17.6. The summed E-state index contributed by atoms with van der Waals surface area (Å²) >= 11 is 0. The molecule has 2 aromatic carbocycles. The van der Waals surface area contributed by atoms with Gasteiger partial charge in [-0.3, -0.25) is 9.36 Å². The lowest BCUT2D eigenvalue weighted by atomic mass is 9.95. The third-order valence-electron chi connectivity index (χ3n) is 6.13. The first-order valence-corrected chi connectivity index (χ1v) is 10.9. The van der Waals surface area contributed by atoms with Crippen molar-refractivity contribution in [2.24, 2.45) is 7.05 Å². The van der Waals surface area contributed by atoms with Crippen LogP contribution in [-0.4, -0.2) is 38.2 Å². The Hall–Kier alpha value is -3.35. The summed E-state index contributed by atoms with van der Waals surface area (Å²) in [6, 6.07) is 17.2. The van der Waals surface area contributed by atoms with Gasteiger partial charge in [-0.2, -0.15) is 5.10 Å². The van der Waals surface area contributed by atoms with E-state index >= 15 is 0 Å². The van der Waals surface area contributed by atoms with Crippen molar-refractivity contribution in [3.63, 3.8) is 0 Å². The molecule has 0 bridgehead atoms. The minimum atomic E-state index is -0.0250. The SMILES string of the molecule is Cn1nc(C2CCN(C(=O)c3ccccc3Oc3ccccc3)CC2)n(C2CC2)c1=O. The highest BCUT2D eigenvalue weighted by atomic mass is 16.5. The molecule has 2 aliphatic rings. The van der Waals surface area contributed by atoms with Crippen molar-refractivity contribution in [3.05, 3.63) is 76.5 Å². The number of rotatable bonds is 5. The van der Waals surface area contributed by atoms with E-state index in [4.69, 9.17) is 4.74 Å². The fraction of sp³-hybridized carbons (Fsp3) is 0.375. The van der Waals surface area contributed by atoms with Crippen LogP contribution in [0.5, 0.6) is 11.5 Å². The maximum absolute atomic E-state index is 13.3. The molecule has 0 atom stereocenters. The summed E-state index contributed by atoms with van der Waals surface area (Å²) in [7, 11) is 1.72. The molecule has 0 unspecified atom stereocenters. The lowest BCUT2D eigenvalue weighted by Crippen LogP contribution is -2.38. The monoisotopic (exact) mass is 418 g/mol. The molecule has 7 heteroatoms. The van der Waals surface area contributed by atoms with E-state index in [1.807, 2.05) is 64.1 Å². The number of ether oxygens (including phenoxy) is 1. The maximum Gasteiger partial charge on any atom is 0.345 e. The van der Waals surface area contributed by atoms with Gasteiger partial charge in [-0.05, 0) is 49.9 Å². The molecule has 1 aromatic heterocycles. The topological polar surface area (TPSA) is 69.4 Å². The Labute approximate surface area is 180 Å². The quantitative estimate of drug-likeness (QED) is 0.633. The van der Waals surface area contributed by atoms with E-state index in [9.17, 15) is 9.59 Å². The van der Waals surface area contributed by atoms with Gasteiger partial charge in [-0.1, -0.05) is 30.3 Å². The number of benzene rings is 2. The first-order valence-electron chi connectivity index (χ1n) is 10.9. The van der Waals surface area contributed by atoms with E-state index in [0.29, 0.717) is 36.2 Å². The number of nitrogens with zero attached hydrogens (tertiary/aromatic N) is 4. The molecule has 1 saturated carbocycles. The number of aryl methyl sites for hydroxylation is 1. The van der Waals surface area contributed by atoms with Crippen LogP contribution in [0.3, 0.4) is 0 Å². The van der Waals surface area contributed by atoms with Crippen LogP contribution in [0.1, 0.15) is 53.8 Å². The molecular weight excluding hydrogens is 392 g/mol. The van der Waals surface area contributed by atoms with Crippen LogP contribution < -0.4 is 10.4 Å². The van der Waals surface area contributed by atoms with Gasteiger partial charge >= 0.3 is 5.69 Å². The maximum atomic E-state index is 13.3.